The lowest BCUT2D eigenvalue weighted by Gasteiger charge is -2.36. The highest BCUT2D eigenvalue weighted by Gasteiger charge is 2.52. The molecule has 0 radical (unpaired) electrons. The van der Waals surface area contributed by atoms with Crippen LogP contribution in [-0.4, -0.2) is 35.4 Å². The first-order valence-electron chi connectivity index (χ1n) is 9.39. The van der Waals surface area contributed by atoms with Crippen LogP contribution < -0.4 is 9.47 Å². The Balaban J connectivity index is 1.75. The molecule has 1 saturated heterocycles. The summed E-state index contributed by atoms with van der Waals surface area (Å²) in [6.07, 6.45) is -1.50. The van der Waals surface area contributed by atoms with E-state index in [-0.39, 0.29) is 12.4 Å². The number of carbonyl (C=O) groups excluding carboxylic acids is 3. The van der Waals surface area contributed by atoms with Crippen molar-refractivity contribution in [3.05, 3.63) is 59.7 Å². The minimum Gasteiger partial charge on any atom is -0.454 e. The lowest BCUT2D eigenvalue weighted by molar-refractivity contribution is -0.243. The second-order valence-electron chi connectivity index (χ2n) is 7.53. The number of ketones is 1. The molecule has 8 nitrogen and oxygen atoms in total. The average molecular weight is 412 g/mol. The number of fused-ring (bicyclic) bond motifs is 1. The number of esters is 2. The topological polar surface area (TPSA) is 108 Å². The smallest absolute Gasteiger partial charge is 0.324 e. The van der Waals surface area contributed by atoms with Crippen molar-refractivity contribution in [2.24, 2.45) is 11.8 Å². The molecule has 0 aromatic heterocycles. The fourth-order valence-electron chi connectivity index (χ4n) is 3.60. The zero-order valence-electron chi connectivity index (χ0n) is 16.4. The minimum absolute atomic E-state index is 0.0393. The van der Waals surface area contributed by atoms with Gasteiger partial charge in [0, 0.05) is 19.4 Å². The van der Waals surface area contributed by atoms with E-state index in [1.165, 1.54) is 19.9 Å². The van der Waals surface area contributed by atoms with Crippen LogP contribution in [0.1, 0.15) is 35.9 Å². The van der Waals surface area contributed by atoms with Gasteiger partial charge >= 0.3 is 11.9 Å². The van der Waals surface area contributed by atoms with Gasteiger partial charge in [-0.3, -0.25) is 14.4 Å². The van der Waals surface area contributed by atoms with E-state index in [1.54, 1.807) is 42.5 Å². The molecule has 2 heterocycles. The standard InChI is InChI=1S/C22H20O8/c1-22(2)29-20(25)17(21(26)30-22)16(18(23)12-6-4-3-5-7-12)19(24)13-8-9-14-15(10-13)28-11-27-14/h3-10,16-17,19,24H,11H2,1-2H3/t16-,19+/m1/s1. The number of hydrogen-bond donors (Lipinski definition) is 1. The van der Waals surface area contributed by atoms with Gasteiger partial charge in [-0.15, -0.1) is 0 Å². The molecule has 0 unspecified atom stereocenters. The van der Waals surface area contributed by atoms with Crippen LogP contribution in [0.4, 0.5) is 0 Å². The zero-order chi connectivity index (χ0) is 21.5. The van der Waals surface area contributed by atoms with Gasteiger partial charge in [-0.05, 0) is 17.7 Å². The number of cyclic esters (lactones) is 2. The van der Waals surface area contributed by atoms with E-state index >= 15 is 0 Å². The zero-order valence-corrected chi connectivity index (χ0v) is 16.4. The molecule has 4 rings (SSSR count). The predicted octanol–water partition coefficient (Wildman–Crippen LogP) is 2.40. The molecule has 0 saturated carbocycles. The van der Waals surface area contributed by atoms with Crippen molar-refractivity contribution in [1.82, 2.24) is 0 Å². The van der Waals surface area contributed by atoms with Gasteiger partial charge in [0.15, 0.2) is 23.2 Å². The van der Waals surface area contributed by atoms with Gasteiger partial charge in [0.05, 0.1) is 12.0 Å². The van der Waals surface area contributed by atoms with Crippen molar-refractivity contribution in [1.29, 1.82) is 0 Å². The molecule has 8 heteroatoms. The molecule has 156 valence electrons. The van der Waals surface area contributed by atoms with Crippen LogP contribution in [0.5, 0.6) is 11.5 Å². The highest BCUT2D eigenvalue weighted by Crippen LogP contribution is 2.40. The first-order chi connectivity index (χ1) is 14.3. The predicted molar refractivity (Wildman–Crippen MR) is 102 cm³/mol. The number of Topliss-reactive ketones (excluding diaryl/α,β-unsaturated/α-hetero) is 1. The summed E-state index contributed by atoms with van der Waals surface area (Å²) in [5.74, 6) is -6.07. The molecule has 0 spiro atoms. The van der Waals surface area contributed by atoms with Crippen molar-refractivity contribution in [3.8, 4) is 11.5 Å². The quantitative estimate of drug-likeness (QED) is 0.453. The van der Waals surface area contributed by atoms with Gasteiger partial charge in [0.1, 0.15) is 0 Å². The van der Waals surface area contributed by atoms with E-state index in [0.29, 0.717) is 17.1 Å². The minimum atomic E-state index is -1.62. The normalized spacial score (nSPS) is 19.6. The summed E-state index contributed by atoms with van der Waals surface area (Å²) in [6.45, 7) is 2.88. The summed E-state index contributed by atoms with van der Waals surface area (Å²) in [5, 5.41) is 11.1. The Hall–Kier alpha value is -3.39. The molecule has 0 amide bonds. The van der Waals surface area contributed by atoms with Crippen molar-refractivity contribution in [2.45, 2.75) is 25.7 Å². The van der Waals surface area contributed by atoms with E-state index in [0.717, 1.165) is 0 Å². The van der Waals surface area contributed by atoms with Gasteiger partial charge < -0.3 is 24.1 Å². The first kappa shape index (κ1) is 19.9. The van der Waals surface area contributed by atoms with Crippen molar-refractivity contribution < 1.29 is 38.4 Å². The van der Waals surface area contributed by atoms with Crippen LogP contribution in [0.15, 0.2) is 48.5 Å². The molecule has 2 aliphatic rings. The Morgan fingerprint density at radius 2 is 1.63 bits per heavy atom. The molecule has 0 bridgehead atoms. The molecular weight excluding hydrogens is 392 g/mol. The third-order valence-corrected chi connectivity index (χ3v) is 5.00. The maximum Gasteiger partial charge on any atom is 0.324 e. The van der Waals surface area contributed by atoms with Crippen LogP contribution in [-0.2, 0) is 19.1 Å². The molecule has 30 heavy (non-hydrogen) atoms. The van der Waals surface area contributed by atoms with Gasteiger partial charge in [-0.2, -0.15) is 0 Å². The number of carbonyl (C=O) groups is 3. The van der Waals surface area contributed by atoms with E-state index < -0.39 is 41.4 Å². The fourth-order valence-corrected chi connectivity index (χ4v) is 3.60. The average Bonchev–Trinajstić information content (AvgIpc) is 3.17. The Labute approximate surface area is 172 Å². The second kappa shape index (κ2) is 7.46. The molecule has 2 atom stereocenters. The number of hydrogen-bond acceptors (Lipinski definition) is 8. The van der Waals surface area contributed by atoms with Gasteiger partial charge in [-0.1, -0.05) is 36.4 Å². The molecule has 2 aliphatic heterocycles. The third-order valence-electron chi connectivity index (χ3n) is 5.00. The maximum absolute atomic E-state index is 13.3. The summed E-state index contributed by atoms with van der Waals surface area (Å²) in [7, 11) is 0. The molecule has 2 aromatic rings. The SMILES string of the molecule is CC1(C)OC(=O)C([C@H](C(=O)c2ccccc2)[C@@H](O)c2ccc3c(c2)OCO3)C(=O)O1. The fraction of sp³-hybridized carbons (Fsp3) is 0.318. The van der Waals surface area contributed by atoms with E-state index in [1.807, 2.05) is 0 Å². The first-order valence-corrected chi connectivity index (χ1v) is 9.39. The Bertz CT molecular complexity index is 977. The molecule has 2 aromatic carbocycles. The molecular formula is C22H20O8. The highest BCUT2D eigenvalue weighted by atomic mass is 16.7. The van der Waals surface area contributed by atoms with Crippen molar-refractivity contribution in [2.75, 3.05) is 6.79 Å². The lowest BCUT2D eigenvalue weighted by atomic mass is 9.78. The highest BCUT2D eigenvalue weighted by molar-refractivity contribution is 6.07. The number of benzene rings is 2. The van der Waals surface area contributed by atoms with E-state index in [2.05, 4.69) is 0 Å². The van der Waals surface area contributed by atoms with Gasteiger partial charge in [0.2, 0.25) is 6.79 Å². The number of ether oxygens (including phenoxy) is 4. The summed E-state index contributed by atoms with van der Waals surface area (Å²) in [5.41, 5.74) is 0.534. The van der Waals surface area contributed by atoms with Crippen LogP contribution in [0, 0.1) is 11.8 Å². The van der Waals surface area contributed by atoms with Crippen LogP contribution in [0.3, 0.4) is 0 Å². The summed E-state index contributed by atoms with van der Waals surface area (Å²) < 4.78 is 21.0. The lowest BCUT2D eigenvalue weighted by Crippen LogP contribution is -2.51. The third kappa shape index (κ3) is 3.61. The molecule has 1 N–H and O–H groups in total. The van der Waals surface area contributed by atoms with Crippen molar-refractivity contribution >= 4 is 17.7 Å². The largest absolute Gasteiger partial charge is 0.454 e. The Morgan fingerprint density at radius 3 is 2.30 bits per heavy atom. The maximum atomic E-state index is 13.3. The summed E-state index contributed by atoms with van der Waals surface area (Å²) >= 11 is 0. The van der Waals surface area contributed by atoms with Gasteiger partial charge in [0.25, 0.3) is 5.79 Å². The van der Waals surface area contributed by atoms with Crippen LogP contribution in [0.2, 0.25) is 0 Å². The van der Waals surface area contributed by atoms with Crippen LogP contribution in [0.25, 0.3) is 0 Å². The summed E-state index contributed by atoms with van der Waals surface area (Å²) in [4.78, 5) is 38.7. The number of aliphatic hydroxyl groups excluding tert-OH is 1. The van der Waals surface area contributed by atoms with Gasteiger partial charge in [-0.25, -0.2) is 0 Å². The van der Waals surface area contributed by atoms with Crippen LogP contribution >= 0.6 is 0 Å². The molecule has 1 fully saturated rings. The van der Waals surface area contributed by atoms with E-state index in [4.69, 9.17) is 18.9 Å². The number of rotatable bonds is 5. The monoisotopic (exact) mass is 412 g/mol. The Morgan fingerprint density at radius 1 is 1.00 bits per heavy atom. The molecule has 0 aliphatic carbocycles. The van der Waals surface area contributed by atoms with E-state index in [9.17, 15) is 19.5 Å². The number of aliphatic hydroxyl groups is 1. The second-order valence-corrected chi connectivity index (χ2v) is 7.53. The summed E-state index contributed by atoms with van der Waals surface area (Å²) in [6, 6.07) is 12.8. The van der Waals surface area contributed by atoms with Crippen molar-refractivity contribution in [3.63, 3.8) is 0 Å². The Kier molecular flexibility index (Phi) is 4.95.